The number of anilines is 2. The third-order valence-electron chi connectivity index (χ3n) is 4.16. The fourth-order valence-electron chi connectivity index (χ4n) is 2.90. The molecule has 2 N–H and O–H groups in total. The maximum absolute atomic E-state index is 11.7. The molecule has 6 nitrogen and oxygen atoms in total. The van der Waals surface area contributed by atoms with Gasteiger partial charge in [0.15, 0.2) is 0 Å². The lowest BCUT2D eigenvalue weighted by molar-refractivity contribution is 0.0698. The number of carboxylic acid groups (broad SMARTS) is 1. The van der Waals surface area contributed by atoms with E-state index in [0.29, 0.717) is 33.4 Å². The van der Waals surface area contributed by atoms with Crippen LogP contribution in [0.15, 0.2) is 59.5 Å². The van der Waals surface area contributed by atoms with E-state index in [4.69, 9.17) is 16.0 Å². The molecular weight excluding hydrogens is 366 g/mol. The van der Waals surface area contributed by atoms with Crippen molar-refractivity contribution < 1.29 is 14.3 Å². The van der Waals surface area contributed by atoms with E-state index in [2.05, 4.69) is 15.3 Å². The average Bonchev–Trinajstić information content (AvgIpc) is 3.17. The Balaban J connectivity index is 1.96. The molecule has 4 rings (SSSR count). The number of nitrogens with one attached hydrogen (secondary N) is 1. The fraction of sp³-hybridized carbons (Fsp3) is 0.0500. The molecule has 2 aromatic heterocycles. The quantitative estimate of drug-likeness (QED) is 0.500. The third-order valence-corrected chi connectivity index (χ3v) is 4.39. The van der Waals surface area contributed by atoms with Gasteiger partial charge in [0.1, 0.15) is 6.26 Å². The summed E-state index contributed by atoms with van der Waals surface area (Å²) < 4.78 is 5.43. The molecule has 2 aromatic carbocycles. The van der Waals surface area contributed by atoms with Crippen molar-refractivity contribution in [2.75, 3.05) is 5.32 Å². The van der Waals surface area contributed by atoms with Crippen LogP contribution < -0.4 is 5.32 Å². The molecule has 0 saturated carbocycles. The molecule has 134 valence electrons. The van der Waals surface area contributed by atoms with Crippen LogP contribution in [0.25, 0.3) is 22.4 Å². The SMILES string of the molecule is Cc1ccc(Nc2c(-c3ncco3)cnc3ccc(Cl)cc23)c(C(=O)O)c1. The number of carbonyl (C=O) groups is 1. The molecule has 0 aliphatic rings. The van der Waals surface area contributed by atoms with Gasteiger partial charge in [-0.05, 0) is 37.3 Å². The number of fused-ring (bicyclic) bond motifs is 1. The molecule has 0 aliphatic heterocycles. The van der Waals surface area contributed by atoms with Gasteiger partial charge in [0.2, 0.25) is 5.89 Å². The van der Waals surface area contributed by atoms with Crippen LogP contribution in [-0.4, -0.2) is 21.0 Å². The minimum absolute atomic E-state index is 0.167. The highest BCUT2D eigenvalue weighted by atomic mass is 35.5. The fourth-order valence-corrected chi connectivity index (χ4v) is 3.07. The van der Waals surface area contributed by atoms with E-state index < -0.39 is 5.97 Å². The summed E-state index contributed by atoms with van der Waals surface area (Å²) in [5.41, 5.74) is 3.41. The third kappa shape index (κ3) is 3.22. The maximum Gasteiger partial charge on any atom is 0.337 e. The number of nitrogens with zero attached hydrogens (tertiary/aromatic N) is 2. The van der Waals surface area contributed by atoms with Crippen LogP contribution in [0, 0.1) is 6.92 Å². The van der Waals surface area contributed by atoms with Crippen molar-refractivity contribution in [3.63, 3.8) is 0 Å². The number of hydrogen-bond donors (Lipinski definition) is 2. The largest absolute Gasteiger partial charge is 0.478 e. The Labute approximate surface area is 159 Å². The first-order valence-electron chi connectivity index (χ1n) is 8.12. The van der Waals surface area contributed by atoms with Gasteiger partial charge in [0.25, 0.3) is 0 Å². The molecular formula is C20H14ClN3O3. The van der Waals surface area contributed by atoms with Crippen molar-refractivity contribution in [1.82, 2.24) is 9.97 Å². The smallest absolute Gasteiger partial charge is 0.337 e. The number of carboxylic acids is 1. The molecule has 0 amide bonds. The number of pyridine rings is 1. The van der Waals surface area contributed by atoms with Crippen LogP contribution in [0.1, 0.15) is 15.9 Å². The molecule has 0 unspecified atom stereocenters. The van der Waals surface area contributed by atoms with E-state index in [0.717, 1.165) is 10.9 Å². The number of aryl methyl sites for hydroxylation is 1. The van der Waals surface area contributed by atoms with Crippen LogP contribution >= 0.6 is 11.6 Å². The van der Waals surface area contributed by atoms with E-state index in [1.54, 1.807) is 36.5 Å². The minimum Gasteiger partial charge on any atom is -0.478 e. The second kappa shape index (κ2) is 6.74. The summed E-state index contributed by atoms with van der Waals surface area (Å²) in [4.78, 5) is 20.3. The normalized spacial score (nSPS) is 10.9. The molecule has 0 atom stereocenters. The van der Waals surface area contributed by atoms with Crippen LogP contribution in [0.3, 0.4) is 0 Å². The Morgan fingerprint density at radius 2 is 2.04 bits per heavy atom. The van der Waals surface area contributed by atoms with Crippen molar-refractivity contribution in [3.8, 4) is 11.5 Å². The summed E-state index contributed by atoms with van der Waals surface area (Å²) in [7, 11) is 0. The van der Waals surface area contributed by atoms with Gasteiger partial charge in [-0.2, -0.15) is 0 Å². The average molecular weight is 380 g/mol. The Bertz CT molecular complexity index is 1160. The maximum atomic E-state index is 11.7. The number of benzene rings is 2. The molecule has 4 aromatic rings. The van der Waals surface area contributed by atoms with E-state index in [9.17, 15) is 9.90 Å². The number of halogens is 1. The first-order valence-corrected chi connectivity index (χ1v) is 8.50. The highest BCUT2D eigenvalue weighted by Gasteiger charge is 2.17. The van der Waals surface area contributed by atoms with Crippen molar-refractivity contribution in [2.24, 2.45) is 0 Å². The van der Waals surface area contributed by atoms with Gasteiger partial charge in [0.05, 0.1) is 34.2 Å². The van der Waals surface area contributed by atoms with Crippen molar-refractivity contribution in [2.45, 2.75) is 6.92 Å². The zero-order valence-corrected chi connectivity index (χ0v) is 15.0. The molecule has 2 heterocycles. The van der Waals surface area contributed by atoms with Gasteiger partial charge in [0, 0.05) is 16.6 Å². The van der Waals surface area contributed by atoms with Crippen molar-refractivity contribution in [3.05, 3.63) is 71.2 Å². The zero-order chi connectivity index (χ0) is 19.0. The Morgan fingerprint density at radius 1 is 1.19 bits per heavy atom. The zero-order valence-electron chi connectivity index (χ0n) is 14.2. The first-order chi connectivity index (χ1) is 13.0. The van der Waals surface area contributed by atoms with Gasteiger partial charge in [-0.15, -0.1) is 0 Å². The molecule has 27 heavy (non-hydrogen) atoms. The summed E-state index contributed by atoms with van der Waals surface area (Å²) in [6.45, 7) is 1.84. The Kier molecular flexibility index (Phi) is 4.25. The lowest BCUT2D eigenvalue weighted by Gasteiger charge is -2.15. The van der Waals surface area contributed by atoms with Crippen LogP contribution in [-0.2, 0) is 0 Å². The second-order valence-electron chi connectivity index (χ2n) is 6.02. The Morgan fingerprint density at radius 3 is 2.78 bits per heavy atom. The molecule has 0 saturated heterocycles. The van der Waals surface area contributed by atoms with E-state index in [-0.39, 0.29) is 5.56 Å². The molecule has 0 fully saturated rings. The Hall–Kier alpha value is -3.38. The number of rotatable bonds is 4. The highest BCUT2D eigenvalue weighted by Crippen LogP contribution is 2.37. The van der Waals surface area contributed by atoms with Crippen LogP contribution in [0.2, 0.25) is 5.02 Å². The van der Waals surface area contributed by atoms with Gasteiger partial charge in [-0.1, -0.05) is 23.2 Å². The molecule has 7 heteroatoms. The van der Waals surface area contributed by atoms with Crippen LogP contribution in [0.4, 0.5) is 11.4 Å². The van der Waals surface area contributed by atoms with Gasteiger partial charge < -0.3 is 14.8 Å². The summed E-state index contributed by atoms with van der Waals surface area (Å²) in [5.74, 6) is -0.647. The predicted octanol–water partition coefficient (Wildman–Crippen LogP) is 5.29. The van der Waals surface area contributed by atoms with Crippen molar-refractivity contribution in [1.29, 1.82) is 0 Å². The van der Waals surface area contributed by atoms with Crippen LogP contribution in [0.5, 0.6) is 0 Å². The summed E-state index contributed by atoms with van der Waals surface area (Å²) >= 11 is 6.18. The molecule has 0 spiro atoms. The lowest BCUT2D eigenvalue weighted by Crippen LogP contribution is -2.04. The summed E-state index contributed by atoms with van der Waals surface area (Å²) in [5, 5.41) is 14.1. The number of aromatic carboxylic acids is 1. The minimum atomic E-state index is -1.02. The molecule has 0 radical (unpaired) electrons. The molecule has 0 bridgehead atoms. The van der Waals surface area contributed by atoms with E-state index in [1.807, 2.05) is 13.0 Å². The van der Waals surface area contributed by atoms with E-state index in [1.165, 1.54) is 12.5 Å². The monoisotopic (exact) mass is 379 g/mol. The van der Waals surface area contributed by atoms with E-state index >= 15 is 0 Å². The standard InChI is InChI=1S/C20H14ClN3O3/c1-11-2-4-17(14(8-11)20(25)26)24-18-13-9-12(21)3-5-16(13)23-10-15(18)19-22-6-7-27-19/h2-10H,1H3,(H,23,24)(H,25,26). The van der Waals surface area contributed by atoms with Gasteiger partial charge >= 0.3 is 5.97 Å². The lowest BCUT2D eigenvalue weighted by atomic mass is 10.1. The van der Waals surface area contributed by atoms with Gasteiger partial charge in [-0.25, -0.2) is 9.78 Å². The summed E-state index contributed by atoms with van der Waals surface area (Å²) in [6, 6.07) is 10.5. The molecule has 0 aliphatic carbocycles. The second-order valence-corrected chi connectivity index (χ2v) is 6.46. The summed E-state index contributed by atoms with van der Waals surface area (Å²) in [6.07, 6.45) is 4.64. The van der Waals surface area contributed by atoms with Gasteiger partial charge in [-0.3, -0.25) is 4.98 Å². The highest BCUT2D eigenvalue weighted by molar-refractivity contribution is 6.31. The van der Waals surface area contributed by atoms with Crippen molar-refractivity contribution >= 4 is 39.8 Å². The number of aromatic nitrogens is 2. The predicted molar refractivity (Wildman–Crippen MR) is 104 cm³/mol. The number of hydrogen-bond acceptors (Lipinski definition) is 5. The topological polar surface area (TPSA) is 88.3 Å². The number of oxazole rings is 1. The first kappa shape index (κ1) is 17.1.